The molecule has 200 valence electrons. The maximum atomic E-state index is 13.8. The van der Waals surface area contributed by atoms with Gasteiger partial charge in [0.05, 0.1) is 10.6 Å². The smallest absolute Gasteiger partial charge is 0.319 e. The van der Waals surface area contributed by atoms with Crippen LogP contribution in [0.3, 0.4) is 0 Å². The molecule has 0 radical (unpaired) electrons. The van der Waals surface area contributed by atoms with Gasteiger partial charge >= 0.3 is 5.97 Å². The number of hydrogen-bond donors (Lipinski definition) is 3. The molecule has 1 unspecified atom stereocenters. The second-order valence-electron chi connectivity index (χ2n) is 10.1. The zero-order chi connectivity index (χ0) is 26.7. The van der Waals surface area contributed by atoms with E-state index in [4.69, 9.17) is 0 Å². The zero-order valence-electron chi connectivity index (χ0n) is 21.7. The van der Waals surface area contributed by atoms with Crippen molar-refractivity contribution >= 4 is 51.5 Å². The van der Waals surface area contributed by atoms with Gasteiger partial charge in [-0.05, 0) is 74.9 Å². The average Bonchev–Trinajstić information content (AvgIpc) is 2.93. The van der Waals surface area contributed by atoms with Gasteiger partial charge in [-0.1, -0.05) is 26.7 Å². The minimum Gasteiger partial charge on any atom is -0.480 e. The van der Waals surface area contributed by atoms with Gasteiger partial charge in [0.15, 0.2) is 0 Å². The number of nitrogens with zero attached hydrogens (tertiary/aromatic N) is 1. The van der Waals surface area contributed by atoms with E-state index in [1.54, 1.807) is 37.7 Å². The molecule has 3 N–H and O–H groups in total. The van der Waals surface area contributed by atoms with Crippen LogP contribution >= 0.6 is 34.1 Å². The Morgan fingerprint density at radius 1 is 1.19 bits per heavy atom. The number of carbonyl (C=O) groups is 1. The molecule has 36 heavy (non-hydrogen) atoms. The molecule has 5 nitrogen and oxygen atoms in total. The molecule has 2 aromatic carbocycles. The van der Waals surface area contributed by atoms with Crippen molar-refractivity contribution in [2.45, 2.75) is 73.7 Å². The first-order valence-electron chi connectivity index (χ1n) is 12.3. The molecule has 3 rings (SSSR count). The number of aliphatic carboxylic acids is 1. The highest BCUT2D eigenvalue weighted by atomic mass is 32.3. The van der Waals surface area contributed by atoms with Gasteiger partial charge in [0.2, 0.25) is 0 Å². The van der Waals surface area contributed by atoms with Crippen molar-refractivity contribution in [3.63, 3.8) is 0 Å². The summed E-state index contributed by atoms with van der Waals surface area (Å²) in [5.41, 5.74) is 2.11. The van der Waals surface area contributed by atoms with Crippen molar-refractivity contribution in [1.82, 2.24) is 0 Å². The topological polar surface area (TPSA) is 81.0 Å². The largest absolute Gasteiger partial charge is 0.480 e. The van der Waals surface area contributed by atoms with Gasteiger partial charge < -0.3 is 10.0 Å². The first-order valence-corrected chi connectivity index (χ1v) is 16.2. The molecule has 9 heteroatoms. The van der Waals surface area contributed by atoms with Gasteiger partial charge in [-0.25, -0.2) is 4.39 Å². The van der Waals surface area contributed by atoms with E-state index in [0.717, 1.165) is 47.5 Å². The van der Waals surface area contributed by atoms with E-state index in [2.05, 4.69) is 18.7 Å². The molecule has 0 saturated heterocycles. The minimum atomic E-state index is -3.15. The fourth-order valence-electron chi connectivity index (χ4n) is 4.60. The second kappa shape index (κ2) is 11.6. The first-order chi connectivity index (χ1) is 16.9. The monoisotopic (exact) mass is 555 g/mol. The van der Waals surface area contributed by atoms with Crippen molar-refractivity contribution in [2.75, 3.05) is 23.5 Å². The third kappa shape index (κ3) is 6.35. The number of rotatable bonds is 10. The molecule has 0 aromatic heterocycles. The lowest BCUT2D eigenvalue weighted by molar-refractivity contribution is -0.138. The number of benzene rings is 2. The van der Waals surface area contributed by atoms with Crippen LogP contribution in [0.15, 0.2) is 46.2 Å². The van der Waals surface area contributed by atoms with Crippen LogP contribution in [0.2, 0.25) is 0 Å². The fourth-order valence-corrected chi connectivity index (χ4v) is 8.48. The molecule has 0 saturated carbocycles. The summed E-state index contributed by atoms with van der Waals surface area (Å²) < 4.78 is 36.1. The third-order valence-corrected chi connectivity index (χ3v) is 11.3. The SMILES string of the molecule is CCCCC1(CC)CN(c2ccc(F)cc2)c2cc(SC)c(CSC(C)(C)C(=O)O)cc2S(O)(O)C1. The summed E-state index contributed by atoms with van der Waals surface area (Å²) in [5.74, 6) is -0.497. The minimum absolute atomic E-state index is 0.271. The number of fused-ring (bicyclic) bond motifs is 1. The van der Waals surface area contributed by atoms with E-state index >= 15 is 0 Å². The van der Waals surface area contributed by atoms with Crippen LogP contribution in [-0.4, -0.2) is 43.5 Å². The van der Waals surface area contributed by atoms with Crippen LogP contribution in [0, 0.1) is 11.2 Å². The van der Waals surface area contributed by atoms with Gasteiger partial charge in [0, 0.05) is 34.0 Å². The molecule has 0 aliphatic carbocycles. The van der Waals surface area contributed by atoms with Crippen molar-refractivity contribution < 1.29 is 23.4 Å². The number of hydrogen-bond acceptors (Lipinski definition) is 6. The van der Waals surface area contributed by atoms with Gasteiger partial charge in [-0.2, -0.15) is 10.6 Å². The maximum absolute atomic E-state index is 13.8. The number of unbranched alkanes of at least 4 members (excludes halogenated alkanes) is 1. The van der Waals surface area contributed by atoms with Crippen LogP contribution in [0.25, 0.3) is 0 Å². The molecule has 1 aliphatic rings. The van der Waals surface area contributed by atoms with Gasteiger partial charge in [0.25, 0.3) is 0 Å². The molecule has 2 aromatic rings. The Hall–Kier alpha value is -1.39. The second-order valence-corrected chi connectivity index (χ2v) is 14.6. The summed E-state index contributed by atoms with van der Waals surface area (Å²) in [5, 5.41) is 9.56. The third-order valence-electron chi connectivity index (χ3n) is 7.06. The number of anilines is 2. The van der Waals surface area contributed by atoms with Gasteiger partial charge in [-0.3, -0.25) is 13.9 Å². The summed E-state index contributed by atoms with van der Waals surface area (Å²) >= 11 is 2.87. The van der Waals surface area contributed by atoms with E-state index in [0.29, 0.717) is 17.2 Å². The summed E-state index contributed by atoms with van der Waals surface area (Å²) in [6.07, 6.45) is 5.62. The maximum Gasteiger partial charge on any atom is 0.319 e. The normalized spacial score (nSPS) is 20.5. The van der Waals surface area contributed by atoms with E-state index in [1.807, 2.05) is 18.4 Å². The van der Waals surface area contributed by atoms with Crippen LogP contribution in [0.1, 0.15) is 58.9 Å². The lowest BCUT2D eigenvalue weighted by Gasteiger charge is -2.41. The average molecular weight is 556 g/mol. The van der Waals surface area contributed by atoms with E-state index in [-0.39, 0.29) is 17.0 Å². The van der Waals surface area contributed by atoms with E-state index in [1.165, 1.54) is 23.9 Å². The molecular formula is C27H38FNO4S3. The van der Waals surface area contributed by atoms with Crippen molar-refractivity contribution in [2.24, 2.45) is 5.41 Å². The lowest BCUT2D eigenvalue weighted by Crippen LogP contribution is -2.37. The number of carboxylic acid groups (broad SMARTS) is 1. The highest BCUT2D eigenvalue weighted by molar-refractivity contribution is 8.24. The molecule has 0 bridgehead atoms. The molecule has 0 fully saturated rings. The van der Waals surface area contributed by atoms with Gasteiger partial charge in [-0.15, -0.1) is 23.5 Å². The Morgan fingerprint density at radius 2 is 1.86 bits per heavy atom. The van der Waals surface area contributed by atoms with Crippen molar-refractivity contribution in [3.8, 4) is 0 Å². The zero-order valence-corrected chi connectivity index (χ0v) is 24.2. The Balaban J connectivity index is 2.19. The number of thioether (sulfide) groups is 2. The Bertz CT molecular complexity index is 1080. The predicted octanol–water partition coefficient (Wildman–Crippen LogP) is 8.49. The Kier molecular flexibility index (Phi) is 9.36. The van der Waals surface area contributed by atoms with Crippen molar-refractivity contribution in [1.29, 1.82) is 0 Å². The molecular weight excluding hydrogens is 517 g/mol. The molecule has 0 amide bonds. The highest BCUT2D eigenvalue weighted by Crippen LogP contribution is 2.61. The number of halogens is 1. The van der Waals surface area contributed by atoms with Crippen LogP contribution in [0.4, 0.5) is 15.8 Å². The van der Waals surface area contributed by atoms with Crippen molar-refractivity contribution in [3.05, 3.63) is 47.8 Å². The van der Waals surface area contributed by atoms with Crippen LogP contribution in [-0.2, 0) is 10.5 Å². The van der Waals surface area contributed by atoms with Crippen LogP contribution in [0.5, 0.6) is 0 Å². The first kappa shape index (κ1) is 29.2. The summed E-state index contributed by atoms with van der Waals surface area (Å²) in [7, 11) is -3.15. The molecule has 1 heterocycles. The summed E-state index contributed by atoms with van der Waals surface area (Å²) in [6.45, 7) is 8.20. The Morgan fingerprint density at radius 3 is 2.42 bits per heavy atom. The van der Waals surface area contributed by atoms with E-state index < -0.39 is 21.3 Å². The highest BCUT2D eigenvalue weighted by Gasteiger charge is 2.42. The lowest BCUT2D eigenvalue weighted by atomic mass is 9.81. The molecule has 1 atom stereocenters. The molecule has 1 aliphatic heterocycles. The fraction of sp³-hybridized carbons (Fsp3) is 0.519. The predicted molar refractivity (Wildman–Crippen MR) is 153 cm³/mol. The number of carboxylic acids is 1. The van der Waals surface area contributed by atoms with Crippen LogP contribution < -0.4 is 4.90 Å². The summed E-state index contributed by atoms with van der Waals surface area (Å²) in [6, 6.07) is 10.2. The quantitative estimate of drug-likeness (QED) is 0.254. The summed E-state index contributed by atoms with van der Waals surface area (Å²) in [4.78, 5) is 15.2. The standard InChI is InChI=1S/C27H38FNO4S3/c1-6-8-13-27(7-2)17-29(21-11-9-20(28)10-12-21)22-15-23(34-5)19(14-24(22)36(32,33)18-27)16-35-26(3,4)25(30)31/h9-12,14-15,32-33H,6-8,13,16-18H2,1-5H3,(H,30,31). The van der Waals surface area contributed by atoms with Gasteiger partial charge in [0.1, 0.15) is 10.6 Å². The Labute approximate surface area is 224 Å². The molecule has 0 spiro atoms. The van der Waals surface area contributed by atoms with E-state index in [9.17, 15) is 23.4 Å².